The first-order valence-electron chi connectivity index (χ1n) is 6.22. The summed E-state index contributed by atoms with van der Waals surface area (Å²) in [7, 11) is 0. The van der Waals surface area contributed by atoms with Crippen LogP contribution in [-0.4, -0.2) is 5.91 Å². The second-order valence-electron chi connectivity index (χ2n) is 4.79. The van der Waals surface area contributed by atoms with Crippen LogP contribution in [0.3, 0.4) is 0 Å². The summed E-state index contributed by atoms with van der Waals surface area (Å²) in [6.45, 7) is 5.94. The Labute approximate surface area is 113 Å². The van der Waals surface area contributed by atoms with Crippen molar-refractivity contribution in [1.29, 1.82) is 0 Å². The van der Waals surface area contributed by atoms with Crippen molar-refractivity contribution in [3.63, 3.8) is 0 Å². The molecule has 0 atom stereocenters. The molecule has 0 radical (unpaired) electrons. The molecule has 0 aliphatic heterocycles. The number of nitrogen functional groups attached to an aromatic ring is 1. The van der Waals surface area contributed by atoms with Gasteiger partial charge in [-0.2, -0.15) is 0 Å². The van der Waals surface area contributed by atoms with E-state index in [0.717, 1.165) is 16.8 Å². The highest BCUT2D eigenvalue weighted by atomic mass is 16.1. The Morgan fingerprint density at radius 1 is 1.00 bits per heavy atom. The molecule has 0 unspecified atom stereocenters. The molecule has 0 saturated heterocycles. The van der Waals surface area contributed by atoms with E-state index in [4.69, 9.17) is 5.73 Å². The van der Waals surface area contributed by atoms with E-state index >= 15 is 0 Å². The maximum absolute atomic E-state index is 12.3. The Morgan fingerprint density at radius 2 is 1.74 bits per heavy atom. The molecule has 2 aromatic rings. The van der Waals surface area contributed by atoms with Crippen molar-refractivity contribution in [3.8, 4) is 0 Å². The van der Waals surface area contributed by atoms with Crippen LogP contribution in [0.15, 0.2) is 36.4 Å². The molecule has 0 heterocycles. The number of anilines is 2. The molecule has 0 bridgehead atoms. The zero-order valence-electron chi connectivity index (χ0n) is 11.4. The van der Waals surface area contributed by atoms with E-state index in [1.54, 1.807) is 6.07 Å². The zero-order valence-corrected chi connectivity index (χ0v) is 11.4. The average molecular weight is 254 g/mol. The van der Waals surface area contributed by atoms with E-state index < -0.39 is 0 Å². The van der Waals surface area contributed by atoms with Crippen molar-refractivity contribution in [1.82, 2.24) is 0 Å². The summed E-state index contributed by atoms with van der Waals surface area (Å²) >= 11 is 0. The number of nitrogens with one attached hydrogen (secondary N) is 1. The molecule has 19 heavy (non-hydrogen) atoms. The lowest BCUT2D eigenvalue weighted by Gasteiger charge is -2.11. The molecule has 0 aliphatic rings. The van der Waals surface area contributed by atoms with Crippen LogP contribution in [-0.2, 0) is 0 Å². The SMILES string of the molecule is Cc1ccc(NC(=O)c2c(C)cccc2N)cc1C. The second kappa shape index (κ2) is 5.14. The third kappa shape index (κ3) is 2.76. The van der Waals surface area contributed by atoms with Gasteiger partial charge in [-0.25, -0.2) is 0 Å². The zero-order chi connectivity index (χ0) is 14.0. The Bertz CT molecular complexity index is 612. The fourth-order valence-electron chi connectivity index (χ4n) is 2.01. The van der Waals surface area contributed by atoms with Crippen LogP contribution >= 0.6 is 0 Å². The molecule has 98 valence electrons. The predicted octanol–water partition coefficient (Wildman–Crippen LogP) is 3.45. The van der Waals surface area contributed by atoms with Crippen LogP contribution in [0.25, 0.3) is 0 Å². The van der Waals surface area contributed by atoms with E-state index in [1.807, 2.05) is 51.1 Å². The van der Waals surface area contributed by atoms with Crippen LogP contribution in [0, 0.1) is 20.8 Å². The number of nitrogens with two attached hydrogens (primary N) is 1. The van der Waals surface area contributed by atoms with E-state index in [2.05, 4.69) is 5.32 Å². The molecule has 0 fully saturated rings. The number of benzene rings is 2. The van der Waals surface area contributed by atoms with Gasteiger partial charge in [0.2, 0.25) is 0 Å². The highest BCUT2D eigenvalue weighted by Gasteiger charge is 2.12. The van der Waals surface area contributed by atoms with Crippen molar-refractivity contribution in [3.05, 3.63) is 58.7 Å². The predicted molar refractivity (Wildman–Crippen MR) is 79.5 cm³/mol. The molecule has 3 heteroatoms. The molecule has 0 spiro atoms. The van der Waals surface area contributed by atoms with Crippen LogP contribution in [0.5, 0.6) is 0 Å². The Kier molecular flexibility index (Phi) is 3.56. The summed E-state index contributed by atoms with van der Waals surface area (Å²) in [6, 6.07) is 11.3. The maximum Gasteiger partial charge on any atom is 0.258 e. The third-order valence-corrected chi connectivity index (χ3v) is 3.30. The van der Waals surface area contributed by atoms with Gasteiger partial charge in [0.05, 0.1) is 5.56 Å². The molecule has 0 aliphatic carbocycles. The molecular weight excluding hydrogens is 236 g/mol. The highest BCUT2D eigenvalue weighted by molar-refractivity contribution is 6.08. The summed E-state index contributed by atoms with van der Waals surface area (Å²) in [6.07, 6.45) is 0. The molecule has 0 aromatic heterocycles. The molecule has 1 amide bonds. The third-order valence-electron chi connectivity index (χ3n) is 3.30. The number of aryl methyl sites for hydroxylation is 3. The molecule has 2 aromatic carbocycles. The van der Waals surface area contributed by atoms with Crippen LogP contribution < -0.4 is 11.1 Å². The van der Waals surface area contributed by atoms with Gasteiger partial charge in [0.1, 0.15) is 0 Å². The minimum absolute atomic E-state index is 0.168. The van der Waals surface area contributed by atoms with E-state index in [9.17, 15) is 4.79 Å². The van der Waals surface area contributed by atoms with Gasteiger partial charge in [-0.3, -0.25) is 4.79 Å². The van der Waals surface area contributed by atoms with E-state index in [-0.39, 0.29) is 5.91 Å². The highest BCUT2D eigenvalue weighted by Crippen LogP contribution is 2.19. The van der Waals surface area contributed by atoms with Crippen molar-refractivity contribution < 1.29 is 4.79 Å². The standard InChI is InChI=1S/C16H18N2O/c1-10-7-8-13(9-12(10)3)18-16(19)15-11(2)5-4-6-14(15)17/h4-9H,17H2,1-3H3,(H,18,19). The monoisotopic (exact) mass is 254 g/mol. The number of rotatable bonds is 2. The van der Waals surface area contributed by atoms with E-state index in [1.165, 1.54) is 5.56 Å². The molecule has 3 N–H and O–H groups in total. The first-order valence-corrected chi connectivity index (χ1v) is 6.22. The van der Waals surface area contributed by atoms with Crippen molar-refractivity contribution in [2.45, 2.75) is 20.8 Å². The topological polar surface area (TPSA) is 55.1 Å². The quantitative estimate of drug-likeness (QED) is 0.806. The number of carbonyl (C=O) groups excluding carboxylic acids is 1. The first-order chi connectivity index (χ1) is 8.99. The van der Waals surface area contributed by atoms with Crippen molar-refractivity contribution >= 4 is 17.3 Å². The summed E-state index contributed by atoms with van der Waals surface area (Å²) in [5.41, 5.74) is 10.9. The van der Waals surface area contributed by atoms with Gasteiger partial charge in [-0.15, -0.1) is 0 Å². The van der Waals surface area contributed by atoms with Gasteiger partial charge in [0.15, 0.2) is 0 Å². The van der Waals surface area contributed by atoms with Gasteiger partial charge in [-0.05, 0) is 55.7 Å². The summed E-state index contributed by atoms with van der Waals surface area (Å²) in [5, 5.41) is 2.89. The van der Waals surface area contributed by atoms with Gasteiger partial charge in [0, 0.05) is 11.4 Å². The Morgan fingerprint density at radius 3 is 2.37 bits per heavy atom. The van der Waals surface area contributed by atoms with Gasteiger partial charge >= 0.3 is 0 Å². The maximum atomic E-state index is 12.3. The molecular formula is C16H18N2O. The lowest BCUT2D eigenvalue weighted by Crippen LogP contribution is -2.15. The summed E-state index contributed by atoms with van der Waals surface area (Å²) in [4.78, 5) is 12.3. The Balaban J connectivity index is 2.28. The molecule has 2 rings (SSSR count). The summed E-state index contributed by atoms with van der Waals surface area (Å²) < 4.78 is 0. The minimum Gasteiger partial charge on any atom is -0.398 e. The number of hydrogen-bond donors (Lipinski definition) is 2. The van der Waals surface area contributed by atoms with E-state index in [0.29, 0.717) is 11.3 Å². The average Bonchev–Trinajstić information content (AvgIpc) is 2.33. The fourth-order valence-corrected chi connectivity index (χ4v) is 2.01. The minimum atomic E-state index is -0.168. The summed E-state index contributed by atoms with van der Waals surface area (Å²) in [5.74, 6) is -0.168. The number of hydrogen-bond acceptors (Lipinski definition) is 2. The van der Waals surface area contributed by atoms with Gasteiger partial charge in [0.25, 0.3) is 5.91 Å². The number of carbonyl (C=O) groups is 1. The van der Waals surface area contributed by atoms with Crippen molar-refractivity contribution in [2.75, 3.05) is 11.1 Å². The Hall–Kier alpha value is -2.29. The normalized spacial score (nSPS) is 10.3. The van der Waals surface area contributed by atoms with Crippen LogP contribution in [0.1, 0.15) is 27.0 Å². The van der Waals surface area contributed by atoms with Gasteiger partial charge in [-0.1, -0.05) is 18.2 Å². The van der Waals surface area contributed by atoms with Gasteiger partial charge < -0.3 is 11.1 Å². The smallest absolute Gasteiger partial charge is 0.258 e. The van der Waals surface area contributed by atoms with Crippen LogP contribution in [0.4, 0.5) is 11.4 Å². The lowest BCUT2D eigenvalue weighted by molar-refractivity contribution is 0.102. The molecule has 0 saturated carbocycles. The fraction of sp³-hybridized carbons (Fsp3) is 0.188. The van der Waals surface area contributed by atoms with Crippen LogP contribution in [0.2, 0.25) is 0 Å². The van der Waals surface area contributed by atoms with Crippen molar-refractivity contribution in [2.24, 2.45) is 0 Å². The first kappa shape index (κ1) is 13.1. The largest absolute Gasteiger partial charge is 0.398 e. The lowest BCUT2D eigenvalue weighted by atomic mass is 10.1. The molecule has 3 nitrogen and oxygen atoms in total. The number of amides is 1. The second-order valence-corrected chi connectivity index (χ2v) is 4.79.